The van der Waals surface area contributed by atoms with Crippen molar-refractivity contribution in [3.05, 3.63) is 167 Å². The zero-order valence-corrected chi connectivity index (χ0v) is 25.4. The highest BCUT2D eigenvalue weighted by atomic mass is 16.2. The molecule has 4 heterocycles. The van der Waals surface area contributed by atoms with E-state index in [-0.39, 0.29) is 11.3 Å². The normalized spacial score (nSPS) is 11.5. The SMILES string of the molecule is O=c1c2cnccc2c2cc3c(cc2c(=O)n1-c1nc(-c2ccccc2)nc(-c2ccccc2)n1)c1ccccc1n3-c1ccccc1. The monoisotopic (exact) mass is 620 g/mol. The summed E-state index contributed by atoms with van der Waals surface area (Å²) in [6, 6.07) is 42.8. The van der Waals surface area contributed by atoms with Crippen LogP contribution in [0.4, 0.5) is 0 Å². The van der Waals surface area contributed by atoms with Crippen molar-refractivity contribution in [1.29, 1.82) is 0 Å². The second-order valence-corrected chi connectivity index (χ2v) is 11.5. The quantitative estimate of drug-likeness (QED) is 0.202. The molecule has 5 aromatic carbocycles. The number of fused-ring (bicyclic) bond motifs is 6. The predicted molar refractivity (Wildman–Crippen MR) is 190 cm³/mol. The van der Waals surface area contributed by atoms with Crippen LogP contribution in [-0.2, 0) is 0 Å². The standard InChI is InChI=1S/C40H24N6O2/c47-38-32-22-31-29-18-10-11-19-34(29)45(27-16-8-3-9-17-27)35(31)23-30(32)28-20-21-41-24-33(28)39(48)46(38)40-43-36(25-12-4-1-5-13-25)42-37(44-40)26-14-6-2-7-15-26/h1-24H. The van der Waals surface area contributed by atoms with Crippen LogP contribution in [0.1, 0.15) is 0 Å². The molecule has 4 aromatic heterocycles. The molecule has 0 radical (unpaired) electrons. The van der Waals surface area contributed by atoms with Crippen molar-refractivity contribution in [1.82, 2.24) is 29.1 Å². The van der Waals surface area contributed by atoms with Crippen LogP contribution in [0.5, 0.6) is 0 Å². The molecule has 0 aliphatic rings. The molecule has 0 unspecified atom stereocenters. The number of nitrogens with zero attached hydrogens (tertiary/aromatic N) is 6. The van der Waals surface area contributed by atoms with Gasteiger partial charge in [-0.3, -0.25) is 14.6 Å². The molecule has 0 saturated heterocycles. The molecule has 0 atom stereocenters. The number of aromatic nitrogens is 6. The van der Waals surface area contributed by atoms with Gasteiger partial charge in [-0.15, -0.1) is 0 Å². The first-order chi connectivity index (χ1) is 23.7. The topological polar surface area (TPSA) is 95.6 Å². The smallest absolute Gasteiger partial charge is 0.269 e. The number of pyridine rings is 1. The number of hydrogen-bond acceptors (Lipinski definition) is 6. The highest BCUT2D eigenvalue weighted by Gasteiger charge is 2.20. The summed E-state index contributed by atoms with van der Waals surface area (Å²) >= 11 is 0. The lowest BCUT2D eigenvalue weighted by atomic mass is 10.0. The lowest BCUT2D eigenvalue weighted by Gasteiger charge is -2.08. The van der Waals surface area contributed by atoms with Crippen molar-refractivity contribution in [2.75, 3.05) is 0 Å². The molecule has 8 heteroatoms. The van der Waals surface area contributed by atoms with Gasteiger partial charge < -0.3 is 4.57 Å². The van der Waals surface area contributed by atoms with E-state index in [1.165, 1.54) is 6.20 Å². The second kappa shape index (κ2) is 10.9. The minimum Gasteiger partial charge on any atom is -0.309 e. The lowest BCUT2D eigenvalue weighted by molar-refractivity contribution is 0.860. The van der Waals surface area contributed by atoms with E-state index in [1.807, 2.05) is 103 Å². The largest absolute Gasteiger partial charge is 0.309 e. The average molecular weight is 621 g/mol. The molecule has 0 aliphatic heterocycles. The van der Waals surface area contributed by atoms with Gasteiger partial charge in [0.05, 0.1) is 16.4 Å². The Bertz CT molecular complexity index is 2760. The summed E-state index contributed by atoms with van der Waals surface area (Å²) in [6.45, 7) is 0. The van der Waals surface area contributed by atoms with E-state index in [4.69, 9.17) is 15.0 Å². The Hall–Kier alpha value is -6.80. The average Bonchev–Trinajstić information content (AvgIpc) is 3.44. The van der Waals surface area contributed by atoms with Crippen molar-refractivity contribution in [3.63, 3.8) is 0 Å². The van der Waals surface area contributed by atoms with Crippen molar-refractivity contribution < 1.29 is 0 Å². The number of rotatable bonds is 4. The molecule has 0 bridgehead atoms. The molecule has 0 aliphatic carbocycles. The van der Waals surface area contributed by atoms with Gasteiger partial charge in [0, 0.05) is 45.4 Å². The Labute approximate surface area is 272 Å². The summed E-state index contributed by atoms with van der Waals surface area (Å²) in [4.78, 5) is 47.9. The molecule has 8 nitrogen and oxygen atoms in total. The molecule has 226 valence electrons. The molecule has 0 spiro atoms. The number of hydrogen-bond donors (Lipinski definition) is 0. The maximum Gasteiger partial charge on any atom is 0.269 e. The van der Waals surface area contributed by atoms with Crippen LogP contribution >= 0.6 is 0 Å². The van der Waals surface area contributed by atoms with Gasteiger partial charge in [-0.25, -0.2) is 9.55 Å². The Kier molecular flexibility index (Phi) is 6.26. The molecule has 0 fully saturated rings. The van der Waals surface area contributed by atoms with Crippen LogP contribution in [0.25, 0.3) is 77.8 Å². The van der Waals surface area contributed by atoms with Gasteiger partial charge in [0.15, 0.2) is 11.6 Å². The lowest BCUT2D eigenvalue weighted by Crippen LogP contribution is -2.30. The van der Waals surface area contributed by atoms with Gasteiger partial charge in [0.2, 0.25) is 5.95 Å². The third-order valence-corrected chi connectivity index (χ3v) is 8.69. The van der Waals surface area contributed by atoms with Crippen LogP contribution < -0.4 is 11.1 Å². The van der Waals surface area contributed by atoms with Gasteiger partial charge in [-0.1, -0.05) is 97.1 Å². The maximum atomic E-state index is 14.8. The highest BCUT2D eigenvalue weighted by molar-refractivity contribution is 6.17. The van der Waals surface area contributed by atoms with E-state index in [9.17, 15) is 9.59 Å². The Morgan fingerprint density at radius 3 is 1.73 bits per heavy atom. The third kappa shape index (κ3) is 4.31. The van der Waals surface area contributed by atoms with Gasteiger partial charge in [0.1, 0.15) is 0 Å². The zero-order valence-electron chi connectivity index (χ0n) is 25.4. The van der Waals surface area contributed by atoms with Crippen LogP contribution in [0.2, 0.25) is 0 Å². The van der Waals surface area contributed by atoms with E-state index in [0.29, 0.717) is 27.8 Å². The summed E-state index contributed by atoms with van der Waals surface area (Å²) < 4.78 is 3.25. The third-order valence-electron chi connectivity index (χ3n) is 8.69. The first-order valence-electron chi connectivity index (χ1n) is 15.5. The van der Waals surface area contributed by atoms with Crippen LogP contribution in [-0.4, -0.2) is 29.1 Å². The zero-order chi connectivity index (χ0) is 32.2. The van der Waals surface area contributed by atoms with Crippen LogP contribution in [0.3, 0.4) is 0 Å². The molecule has 0 saturated carbocycles. The Morgan fingerprint density at radius 1 is 0.438 bits per heavy atom. The highest BCUT2D eigenvalue weighted by Crippen LogP contribution is 2.35. The summed E-state index contributed by atoms with van der Waals surface area (Å²) in [6.07, 6.45) is 3.14. The van der Waals surface area contributed by atoms with Crippen molar-refractivity contribution in [2.45, 2.75) is 0 Å². The minimum atomic E-state index is -0.566. The van der Waals surface area contributed by atoms with E-state index < -0.39 is 11.1 Å². The van der Waals surface area contributed by atoms with Crippen molar-refractivity contribution in [2.24, 2.45) is 0 Å². The molecule has 48 heavy (non-hydrogen) atoms. The van der Waals surface area contributed by atoms with Crippen molar-refractivity contribution >= 4 is 43.4 Å². The molecular weight excluding hydrogens is 596 g/mol. The van der Waals surface area contributed by atoms with Crippen LogP contribution in [0.15, 0.2) is 155 Å². The van der Waals surface area contributed by atoms with Gasteiger partial charge in [-0.2, -0.15) is 9.97 Å². The van der Waals surface area contributed by atoms with Gasteiger partial charge >= 0.3 is 0 Å². The fourth-order valence-electron chi connectivity index (χ4n) is 6.48. The summed E-state index contributed by atoms with van der Waals surface area (Å²) in [7, 11) is 0. The number of benzene rings is 5. The molecule has 9 rings (SSSR count). The minimum absolute atomic E-state index is 0.0628. The van der Waals surface area contributed by atoms with Crippen molar-refractivity contribution in [3.8, 4) is 34.4 Å². The fraction of sp³-hybridized carbons (Fsp3) is 0. The number of para-hydroxylation sites is 2. The summed E-state index contributed by atoms with van der Waals surface area (Å²) in [5.74, 6) is 0.627. The molecular formula is C40H24N6O2. The molecule has 0 amide bonds. The van der Waals surface area contributed by atoms with Crippen LogP contribution in [0, 0.1) is 0 Å². The first-order valence-corrected chi connectivity index (χ1v) is 15.5. The van der Waals surface area contributed by atoms with Gasteiger partial charge in [-0.05, 0) is 47.2 Å². The molecule has 0 N–H and O–H groups in total. The van der Waals surface area contributed by atoms with E-state index in [0.717, 1.165) is 43.2 Å². The van der Waals surface area contributed by atoms with E-state index >= 15 is 0 Å². The second-order valence-electron chi connectivity index (χ2n) is 11.5. The Balaban J connectivity index is 1.44. The fourth-order valence-corrected chi connectivity index (χ4v) is 6.48. The Morgan fingerprint density at radius 2 is 1.04 bits per heavy atom. The van der Waals surface area contributed by atoms with E-state index in [2.05, 4.69) is 33.8 Å². The first kappa shape index (κ1) is 27.5. The maximum absolute atomic E-state index is 14.8. The van der Waals surface area contributed by atoms with Gasteiger partial charge in [0.25, 0.3) is 11.1 Å². The summed E-state index contributed by atoms with van der Waals surface area (Å²) in [5.41, 5.74) is 3.26. The molecule has 9 aromatic rings. The van der Waals surface area contributed by atoms with E-state index in [1.54, 1.807) is 12.3 Å². The predicted octanol–water partition coefficient (Wildman–Crippen LogP) is 7.52. The summed E-state index contributed by atoms with van der Waals surface area (Å²) in [5, 5.41) is 3.74.